The number of nitrogens with one attached hydrogen (secondary N) is 2. The maximum absolute atomic E-state index is 13.0. The number of hydrogen-bond acceptors (Lipinski definition) is 2. The average Bonchev–Trinajstić information content (AvgIpc) is 2.96. The van der Waals surface area contributed by atoms with Gasteiger partial charge in [-0.05, 0) is 43.7 Å². The van der Waals surface area contributed by atoms with Crippen LogP contribution in [0.25, 0.3) is 11.0 Å². The van der Waals surface area contributed by atoms with Crippen LogP contribution >= 0.6 is 24.0 Å². The van der Waals surface area contributed by atoms with Crippen molar-refractivity contribution in [2.24, 2.45) is 4.99 Å². The van der Waals surface area contributed by atoms with Gasteiger partial charge in [0.25, 0.3) is 0 Å². The molecule has 0 spiro atoms. The molecule has 27 heavy (non-hydrogen) atoms. The summed E-state index contributed by atoms with van der Waals surface area (Å²) in [6.45, 7) is 6.87. The van der Waals surface area contributed by atoms with Gasteiger partial charge in [0.1, 0.15) is 11.6 Å². The first kappa shape index (κ1) is 21.1. The van der Waals surface area contributed by atoms with Crippen LogP contribution in [0.5, 0.6) is 0 Å². The Morgan fingerprint density at radius 2 is 1.85 bits per heavy atom. The molecule has 2 aromatic carbocycles. The molecule has 3 rings (SSSR count). The summed E-state index contributed by atoms with van der Waals surface area (Å²) in [7, 11) is 0. The zero-order chi connectivity index (χ0) is 18.4. The summed E-state index contributed by atoms with van der Waals surface area (Å²) < 4.78 is 15.2. The lowest BCUT2D eigenvalue weighted by Crippen LogP contribution is -2.38. The van der Waals surface area contributed by atoms with Crippen molar-refractivity contribution in [3.63, 3.8) is 0 Å². The summed E-state index contributed by atoms with van der Waals surface area (Å²) in [5.74, 6) is 1.52. The summed E-state index contributed by atoms with van der Waals surface area (Å²) in [6, 6.07) is 14.6. The number of rotatable bonds is 6. The molecule has 0 radical (unpaired) electrons. The Morgan fingerprint density at radius 1 is 1.11 bits per heavy atom. The first-order valence-corrected chi connectivity index (χ1v) is 8.86. The van der Waals surface area contributed by atoms with Crippen LogP contribution in [0.4, 0.5) is 4.39 Å². The molecule has 3 aromatic rings. The molecule has 1 aromatic heterocycles. The van der Waals surface area contributed by atoms with E-state index >= 15 is 0 Å². The third-order valence-corrected chi connectivity index (χ3v) is 4.15. The van der Waals surface area contributed by atoms with E-state index in [0.29, 0.717) is 6.54 Å². The number of imidazole rings is 1. The Kier molecular flexibility index (Phi) is 8.02. The summed E-state index contributed by atoms with van der Waals surface area (Å²) in [4.78, 5) is 9.15. The Hall–Kier alpha value is -2.16. The van der Waals surface area contributed by atoms with Gasteiger partial charge in [0.15, 0.2) is 5.96 Å². The minimum absolute atomic E-state index is 0. The van der Waals surface area contributed by atoms with Crippen molar-refractivity contribution in [2.45, 2.75) is 26.9 Å². The van der Waals surface area contributed by atoms with E-state index < -0.39 is 0 Å². The van der Waals surface area contributed by atoms with Crippen molar-refractivity contribution < 1.29 is 4.39 Å². The molecule has 0 fully saturated rings. The van der Waals surface area contributed by atoms with Gasteiger partial charge < -0.3 is 15.2 Å². The van der Waals surface area contributed by atoms with Crippen LogP contribution in [0.3, 0.4) is 0 Å². The Morgan fingerprint density at radius 3 is 2.59 bits per heavy atom. The molecule has 0 saturated heterocycles. The number of aliphatic imine (C=N–C) groups is 1. The van der Waals surface area contributed by atoms with Crippen LogP contribution < -0.4 is 10.6 Å². The fourth-order valence-corrected chi connectivity index (χ4v) is 2.87. The van der Waals surface area contributed by atoms with Crippen molar-refractivity contribution in [3.8, 4) is 0 Å². The van der Waals surface area contributed by atoms with E-state index in [1.54, 1.807) is 12.1 Å². The second kappa shape index (κ2) is 10.2. The van der Waals surface area contributed by atoms with Gasteiger partial charge in [-0.2, -0.15) is 0 Å². The molecule has 1 heterocycles. The van der Waals surface area contributed by atoms with Gasteiger partial charge in [-0.1, -0.05) is 24.3 Å². The number of benzene rings is 2. The van der Waals surface area contributed by atoms with Crippen LogP contribution in [0.15, 0.2) is 53.5 Å². The number of halogens is 2. The van der Waals surface area contributed by atoms with Crippen molar-refractivity contribution >= 4 is 41.0 Å². The second-order valence-corrected chi connectivity index (χ2v) is 6.05. The fourth-order valence-electron chi connectivity index (χ4n) is 2.87. The number of para-hydroxylation sites is 2. The van der Waals surface area contributed by atoms with Crippen molar-refractivity contribution in [1.82, 2.24) is 20.2 Å². The summed E-state index contributed by atoms with van der Waals surface area (Å²) in [6.07, 6.45) is 0. The van der Waals surface area contributed by atoms with Gasteiger partial charge >= 0.3 is 0 Å². The topological polar surface area (TPSA) is 54.2 Å². The average molecular weight is 481 g/mol. The molecule has 0 amide bonds. The number of hydrogen-bond donors (Lipinski definition) is 2. The Bertz CT molecular complexity index is 889. The minimum atomic E-state index is -0.231. The molecule has 2 N–H and O–H groups in total. The van der Waals surface area contributed by atoms with E-state index in [1.807, 2.05) is 32.0 Å². The van der Waals surface area contributed by atoms with Gasteiger partial charge in [-0.3, -0.25) is 0 Å². The molecule has 0 bridgehead atoms. The first-order valence-electron chi connectivity index (χ1n) is 8.86. The first-order chi connectivity index (χ1) is 12.7. The summed E-state index contributed by atoms with van der Waals surface area (Å²) in [5.41, 5.74) is 3.13. The number of nitrogens with zero attached hydrogens (tertiary/aromatic N) is 3. The van der Waals surface area contributed by atoms with Crippen LogP contribution in [0.2, 0.25) is 0 Å². The summed E-state index contributed by atoms with van der Waals surface area (Å²) >= 11 is 0. The molecule has 0 aliphatic rings. The molecule has 144 valence electrons. The van der Waals surface area contributed by atoms with Gasteiger partial charge in [0, 0.05) is 19.6 Å². The van der Waals surface area contributed by atoms with Crippen molar-refractivity contribution in [2.75, 3.05) is 13.1 Å². The lowest BCUT2D eigenvalue weighted by atomic mass is 10.2. The maximum atomic E-state index is 13.0. The Balaban J connectivity index is 0.00000261. The maximum Gasteiger partial charge on any atom is 0.191 e. The van der Waals surface area contributed by atoms with E-state index in [2.05, 4.69) is 31.2 Å². The number of aromatic nitrogens is 2. The third kappa shape index (κ3) is 5.66. The van der Waals surface area contributed by atoms with Crippen molar-refractivity contribution in [1.29, 1.82) is 0 Å². The third-order valence-electron chi connectivity index (χ3n) is 4.15. The highest BCUT2D eigenvalue weighted by Crippen LogP contribution is 2.14. The van der Waals surface area contributed by atoms with Crippen LogP contribution in [-0.4, -0.2) is 28.6 Å². The minimum Gasteiger partial charge on any atom is -0.357 e. The molecule has 7 heteroatoms. The monoisotopic (exact) mass is 481 g/mol. The van der Waals surface area contributed by atoms with Crippen LogP contribution in [0, 0.1) is 12.7 Å². The number of fused-ring (bicyclic) bond motifs is 1. The smallest absolute Gasteiger partial charge is 0.191 e. The lowest BCUT2D eigenvalue weighted by Gasteiger charge is -2.13. The predicted molar refractivity (Wildman–Crippen MR) is 119 cm³/mol. The highest BCUT2D eigenvalue weighted by Gasteiger charge is 2.06. The standard InChI is InChI=1S/C20H24FN5.HI/c1-3-22-20(24-14-16-8-10-17(21)11-9-16)23-12-13-26-15(2)25-18-6-4-5-7-19(18)26;/h4-11H,3,12-14H2,1-2H3,(H2,22,23,24);1H. The molecule has 0 aliphatic heterocycles. The van der Waals surface area contributed by atoms with Crippen LogP contribution in [-0.2, 0) is 13.1 Å². The van der Waals surface area contributed by atoms with E-state index in [9.17, 15) is 4.39 Å². The van der Waals surface area contributed by atoms with Gasteiger partial charge in [0.05, 0.1) is 17.6 Å². The van der Waals surface area contributed by atoms with E-state index in [0.717, 1.165) is 48.0 Å². The molecule has 0 unspecified atom stereocenters. The number of aryl methyl sites for hydroxylation is 1. The van der Waals surface area contributed by atoms with Crippen molar-refractivity contribution in [3.05, 3.63) is 65.7 Å². The van der Waals surface area contributed by atoms with Gasteiger partial charge in [-0.15, -0.1) is 24.0 Å². The highest BCUT2D eigenvalue weighted by molar-refractivity contribution is 14.0. The van der Waals surface area contributed by atoms with E-state index in [4.69, 9.17) is 0 Å². The molecular weight excluding hydrogens is 456 g/mol. The van der Waals surface area contributed by atoms with Gasteiger partial charge in [0.2, 0.25) is 0 Å². The number of guanidine groups is 1. The largest absolute Gasteiger partial charge is 0.357 e. The van der Waals surface area contributed by atoms with E-state index in [-0.39, 0.29) is 29.8 Å². The summed E-state index contributed by atoms with van der Waals surface area (Å²) in [5, 5.41) is 6.58. The second-order valence-electron chi connectivity index (χ2n) is 6.05. The lowest BCUT2D eigenvalue weighted by molar-refractivity contribution is 0.627. The normalized spacial score (nSPS) is 11.3. The molecule has 0 aliphatic carbocycles. The zero-order valence-corrected chi connectivity index (χ0v) is 17.9. The predicted octanol–water partition coefficient (Wildman–Crippen LogP) is 3.86. The molecular formula is C20H25FIN5. The SMILES string of the molecule is CCNC(=NCc1ccc(F)cc1)NCCn1c(C)nc2ccccc21.I. The zero-order valence-electron chi connectivity index (χ0n) is 15.6. The Labute approximate surface area is 176 Å². The van der Waals surface area contributed by atoms with Crippen LogP contribution in [0.1, 0.15) is 18.3 Å². The van der Waals surface area contributed by atoms with Gasteiger partial charge in [-0.25, -0.2) is 14.4 Å². The fraction of sp³-hybridized carbons (Fsp3) is 0.300. The molecule has 0 saturated carbocycles. The van der Waals surface area contributed by atoms with E-state index in [1.165, 1.54) is 12.1 Å². The quantitative estimate of drug-likeness (QED) is 0.320. The molecule has 0 atom stereocenters. The molecule has 5 nitrogen and oxygen atoms in total. The highest BCUT2D eigenvalue weighted by atomic mass is 127.